The monoisotopic (exact) mass is 527 g/mol. The van der Waals surface area contributed by atoms with E-state index in [0.29, 0.717) is 24.6 Å². The van der Waals surface area contributed by atoms with Crippen molar-refractivity contribution >= 4 is 23.4 Å². The van der Waals surface area contributed by atoms with Gasteiger partial charge in [0.1, 0.15) is 11.4 Å². The van der Waals surface area contributed by atoms with Crippen molar-refractivity contribution in [3.8, 4) is 16.9 Å². The van der Waals surface area contributed by atoms with Crippen molar-refractivity contribution in [2.75, 3.05) is 46.3 Å². The van der Waals surface area contributed by atoms with Crippen molar-refractivity contribution in [1.29, 1.82) is 0 Å². The first-order valence-corrected chi connectivity index (χ1v) is 13.9. The number of likely N-dealkylation sites (N-methyl/N-ethyl adjacent to an activating group) is 1. The number of phenols is 1. The van der Waals surface area contributed by atoms with E-state index >= 15 is 0 Å². The largest absolute Gasteiger partial charge is 0.506 e. The lowest BCUT2D eigenvalue weighted by Crippen LogP contribution is -2.53. The number of piperazine rings is 1. The van der Waals surface area contributed by atoms with Crippen molar-refractivity contribution in [3.05, 3.63) is 41.2 Å². The number of nitrogens with zero attached hydrogens (tertiary/aromatic N) is 3. The van der Waals surface area contributed by atoms with Gasteiger partial charge in [-0.25, -0.2) is 0 Å². The number of phenolic OH excluding ortho intramolecular Hbond substituents is 1. The lowest BCUT2D eigenvalue weighted by Gasteiger charge is -2.38. The molecule has 9 heteroatoms. The van der Waals surface area contributed by atoms with Gasteiger partial charge in [0.15, 0.2) is 0 Å². The molecule has 1 saturated heterocycles. The zero-order valence-corrected chi connectivity index (χ0v) is 22.3. The van der Waals surface area contributed by atoms with Crippen molar-refractivity contribution < 1.29 is 14.7 Å². The number of carbonyl (C=O) groups is 2. The number of hydrogen-bond acceptors (Lipinski definition) is 5. The number of nitrogens with one attached hydrogen (secondary N) is 2. The summed E-state index contributed by atoms with van der Waals surface area (Å²) >= 11 is 6.11. The Balaban J connectivity index is 1.29. The molecule has 3 heterocycles. The highest BCUT2D eigenvalue weighted by Gasteiger charge is 2.31. The van der Waals surface area contributed by atoms with Crippen molar-refractivity contribution in [2.45, 2.75) is 50.6 Å². The number of fused-ring (bicyclic) bond motifs is 1. The highest BCUT2D eigenvalue weighted by molar-refractivity contribution is 6.32. The van der Waals surface area contributed by atoms with E-state index in [-0.39, 0.29) is 34.7 Å². The molecule has 2 atom stereocenters. The molecule has 1 aliphatic carbocycles. The smallest absolute Gasteiger partial charge is 0.268 e. The van der Waals surface area contributed by atoms with Crippen molar-refractivity contribution in [3.63, 3.8) is 0 Å². The molecule has 0 unspecified atom stereocenters. The first-order valence-electron chi connectivity index (χ1n) is 13.6. The molecule has 3 N–H and O–H groups in total. The molecular weight excluding hydrogens is 490 g/mol. The van der Waals surface area contributed by atoms with Gasteiger partial charge in [0.2, 0.25) is 5.91 Å². The molecule has 3 aliphatic rings. The minimum Gasteiger partial charge on any atom is -0.506 e. The third-order valence-corrected chi connectivity index (χ3v) is 8.59. The number of carbonyl (C=O) groups excluding carboxylic acids is 2. The van der Waals surface area contributed by atoms with Gasteiger partial charge in [-0.3, -0.25) is 14.5 Å². The molecule has 5 rings (SSSR count). The normalized spacial score (nSPS) is 22.3. The Bertz CT molecular complexity index is 1120. The number of rotatable bonds is 7. The first-order chi connectivity index (χ1) is 17.9. The lowest BCUT2D eigenvalue weighted by atomic mass is 9.83. The standard InChI is InChI=1S/C28H38ClN5O3/c1-32-9-11-33(12-10-32)18-24(19-5-3-2-4-6-19)31-27(36)15-22-16-30-28(37)25-14-21(17-34(22)25)20-7-8-26(35)23(29)13-20/h7-8,13-14,17,19,22,24,35H,2-6,9-12,15-16,18H2,1H3,(H,30,37)(H,31,36)/t22-,24-/m1/s1. The highest BCUT2D eigenvalue weighted by Crippen LogP contribution is 2.33. The maximum atomic E-state index is 13.4. The molecule has 2 fully saturated rings. The third-order valence-electron chi connectivity index (χ3n) is 8.29. The summed E-state index contributed by atoms with van der Waals surface area (Å²) in [6.45, 7) is 5.54. The number of benzene rings is 1. The van der Waals surface area contributed by atoms with E-state index in [2.05, 4.69) is 27.5 Å². The van der Waals surface area contributed by atoms with E-state index in [0.717, 1.165) is 43.9 Å². The van der Waals surface area contributed by atoms with Crippen LogP contribution < -0.4 is 10.6 Å². The lowest BCUT2D eigenvalue weighted by molar-refractivity contribution is -0.123. The van der Waals surface area contributed by atoms with Gasteiger partial charge >= 0.3 is 0 Å². The number of halogens is 1. The average molecular weight is 528 g/mol. The van der Waals surface area contributed by atoms with Crippen LogP contribution in [0, 0.1) is 5.92 Å². The second-order valence-corrected chi connectivity index (χ2v) is 11.3. The van der Waals surface area contributed by atoms with Crippen molar-refractivity contribution in [2.24, 2.45) is 5.92 Å². The molecule has 37 heavy (non-hydrogen) atoms. The fraction of sp³-hybridized carbons (Fsp3) is 0.571. The molecule has 2 amide bonds. The second kappa shape index (κ2) is 11.5. The molecule has 8 nitrogen and oxygen atoms in total. The van der Waals surface area contributed by atoms with Gasteiger partial charge < -0.3 is 25.2 Å². The second-order valence-electron chi connectivity index (χ2n) is 10.9. The molecule has 1 aromatic heterocycles. The summed E-state index contributed by atoms with van der Waals surface area (Å²) in [6.07, 6.45) is 8.35. The Morgan fingerprint density at radius 2 is 1.89 bits per heavy atom. The van der Waals surface area contributed by atoms with E-state index in [1.807, 2.05) is 16.8 Å². The summed E-state index contributed by atoms with van der Waals surface area (Å²) in [5.41, 5.74) is 2.17. The molecule has 1 aromatic carbocycles. The Labute approximate surface area is 223 Å². The van der Waals surface area contributed by atoms with Crippen LogP contribution in [0.5, 0.6) is 5.75 Å². The molecule has 1 saturated carbocycles. The van der Waals surface area contributed by atoms with E-state index in [1.54, 1.807) is 18.2 Å². The average Bonchev–Trinajstić information content (AvgIpc) is 3.36. The predicted molar refractivity (Wildman–Crippen MR) is 145 cm³/mol. The van der Waals surface area contributed by atoms with Crippen LogP contribution in [-0.4, -0.2) is 83.6 Å². The molecule has 2 aromatic rings. The molecule has 2 aliphatic heterocycles. The summed E-state index contributed by atoms with van der Waals surface area (Å²) in [5, 5.41) is 16.4. The van der Waals surface area contributed by atoms with E-state index < -0.39 is 0 Å². The zero-order chi connectivity index (χ0) is 25.9. The molecular formula is C28H38ClN5O3. The summed E-state index contributed by atoms with van der Waals surface area (Å²) in [6, 6.07) is 6.82. The van der Waals surface area contributed by atoms with Gasteiger partial charge in [0.05, 0.1) is 11.1 Å². The number of amides is 2. The number of aromatic nitrogens is 1. The fourth-order valence-electron chi connectivity index (χ4n) is 6.02. The van der Waals surface area contributed by atoms with Crippen LogP contribution in [0.25, 0.3) is 11.1 Å². The van der Waals surface area contributed by atoms with Gasteiger partial charge in [-0.2, -0.15) is 0 Å². The van der Waals surface area contributed by atoms with Gasteiger partial charge in [-0.15, -0.1) is 0 Å². The van der Waals surface area contributed by atoms with E-state index in [9.17, 15) is 14.7 Å². The molecule has 0 spiro atoms. The fourth-order valence-corrected chi connectivity index (χ4v) is 6.20. The minimum absolute atomic E-state index is 0.0192. The van der Waals surface area contributed by atoms with Gasteiger partial charge in [-0.1, -0.05) is 36.9 Å². The Kier molecular flexibility index (Phi) is 8.07. The molecule has 0 bridgehead atoms. The Morgan fingerprint density at radius 3 is 2.62 bits per heavy atom. The predicted octanol–water partition coefficient (Wildman–Crippen LogP) is 3.50. The van der Waals surface area contributed by atoms with Gasteiger partial charge in [0.25, 0.3) is 5.91 Å². The minimum atomic E-state index is -0.162. The van der Waals surface area contributed by atoms with Crippen LogP contribution in [0.1, 0.15) is 55.1 Å². The van der Waals surface area contributed by atoms with Crippen LogP contribution in [-0.2, 0) is 4.79 Å². The SMILES string of the molecule is CN1CCN(C[C@@H](NC(=O)C[C@@H]2CNC(=O)c3cc(-c4ccc(O)c(Cl)c4)cn32)C2CCCCC2)CC1. The Hall–Kier alpha value is -2.55. The first kappa shape index (κ1) is 26.1. The van der Waals surface area contributed by atoms with Crippen LogP contribution >= 0.6 is 11.6 Å². The van der Waals surface area contributed by atoms with Gasteiger partial charge in [0, 0.05) is 63.5 Å². The number of hydrogen-bond donors (Lipinski definition) is 3. The van der Waals surface area contributed by atoms with Crippen molar-refractivity contribution in [1.82, 2.24) is 25.0 Å². The molecule has 200 valence electrons. The maximum absolute atomic E-state index is 13.4. The van der Waals surface area contributed by atoms with Crippen LogP contribution in [0.4, 0.5) is 0 Å². The Morgan fingerprint density at radius 1 is 1.14 bits per heavy atom. The maximum Gasteiger partial charge on any atom is 0.268 e. The van der Waals surface area contributed by atoms with Gasteiger partial charge in [-0.05, 0) is 49.6 Å². The number of aromatic hydroxyl groups is 1. The molecule has 0 radical (unpaired) electrons. The van der Waals surface area contributed by atoms with Crippen LogP contribution in [0.3, 0.4) is 0 Å². The van der Waals surface area contributed by atoms with E-state index in [4.69, 9.17) is 11.6 Å². The summed E-state index contributed by atoms with van der Waals surface area (Å²) in [5.74, 6) is 0.435. The highest BCUT2D eigenvalue weighted by atomic mass is 35.5. The summed E-state index contributed by atoms with van der Waals surface area (Å²) in [4.78, 5) is 30.9. The third kappa shape index (κ3) is 6.13. The quantitative estimate of drug-likeness (QED) is 0.513. The summed E-state index contributed by atoms with van der Waals surface area (Å²) < 4.78 is 1.92. The zero-order valence-electron chi connectivity index (χ0n) is 21.6. The van der Waals surface area contributed by atoms with Crippen LogP contribution in [0.15, 0.2) is 30.5 Å². The topological polar surface area (TPSA) is 89.8 Å². The van der Waals surface area contributed by atoms with Crippen LogP contribution in [0.2, 0.25) is 5.02 Å². The summed E-state index contributed by atoms with van der Waals surface area (Å²) in [7, 11) is 2.16. The van der Waals surface area contributed by atoms with E-state index in [1.165, 1.54) is 32.1 Å².